The normalized spacial score (nSPS) is 21.7. The molecule has 0 spiro atoms. The van der Waals surface area contributed by atoms with Crippen LogP contribution in [0.5, 0.6) is 11.5 Å². The van der Waals surface area contributed by atoms with Crippen LogP contribution >= 0.6 is 0 Å². The highest BCUT2D eigenvalue weighted by atomic mass is 16.5. The van der Waals surface area contributed by atoms with Gasteiger partial charge < -0.3 is 19.9 Å². The van der Waals surface area contributed by atoms with Crippen molar-refractivity contribution < 1.29 is 19.0 Å². The number of ether oxygens (including phenoxy) is 3. The second-order valence-corrected chi connectivity index (χ2v) is 7.35. The third-order valence-corrected chi connectivity index (χ3v) is 4.78. The summed E-state index contributed by atoms with van der Waals surface area (Å²) in [6.45, 7) is 4.03. The molecule has 0 bridgehead atoms. The maximum Gasteiger partial charge on any atom is 0.205 e. The zero-order valence-corrected chi connectivity index (χ0v) is 15.4. The number of Topliss-reactive ketones (excluding diaryl/α,β-unsaturated/α-hetero) is 1. The third-order valence-electron chi connectivity index (χ3n) is 4.78. The number of carbonyl (C=O) groups is 1. The predicted octanol–water partition coefficient (Wildman–Crippen LogP) is 3.15. The highest BCUT2D eigenvalue weighted by Gasteiger charge is 2.43. The number of benzene rings is 1. The fourth-order valence-electron chi connectivity index (χ4n) is 3.61. The molecular weight excluding hydrogens is 332 g/mol. The van der Waals surface area contributed by atoms with E-state index in [0.717, 1.165) is 0 Å². The average Bonchev–Trinajstić information content (AvgIpc) is 2.58. The number of hydrogen-bond acceptors (Lipinski definition) is 6. The molecule has 1 heterocycles. The third kappa shape index (κ3) is 3.01. The van der Waals surface area contributed by atoms with Crippen LogP contribution in [-0.4, -0.2) is 20.0 Å². The van der Waals surface area contributed by atoms with Crippen molar-refractivity contribution in [2.75, 3.05) is 14.2 Å². The lowest BCUT2D eigenvalue weighted by molar-refractivity contribution is -0.119. The van der Waals surface area contributed by atoms with Gasteiger partial charge in [-0.05, 0) is 23.1 Å². The molecule has 0 aromatic heterocycles. The number of nitrogens with two attached hydrogens (primary N) is 1. The van der Waals surface area contributed by atoms with E-state index in [1.807, 2.05) is 13.8 Å². The lowest BCUT2D eigenvalue weighted by Crippen LogP contribution is -2.33. The Morgan fingerprint density at radius 3 is 2.35 bits per heavy atom. The van der Waals surface area contributed by atoms with Gasteiger partial charge in [0.25, 0.3) is 0 Å². The quantitative estimate of drug-likeness (QED) is 0.896. The molecule has 6 heteroatoms. The minimum Gasteiger partial charge on any atom is -0.497 e. The Balaban J connectivity index is 2.22. The fourth-order valence-corrected chi connectivity index (χ4v) is 3.61. The monoisotopic (exact) mass is 354 g/mol. The number of nitrogens with zero attached hydrogens (tertiary/aromatic N) is 1. The van der Waals surface area contributed by atoms with Crippen LogP contribution in [0.3, 0.4) is 0 Å². The first-order valence-electron chi connectivity index (χ1n) is 8.36. The minimum atomic E-state index is -0.587. The number of carbonyl (C=O) groups excluding carboxylic acids is 1. The van der Waals surface area contributed by atoms with Crippen LogP contribution in [0.4, 0.5) is 0 Å². The molecule has 0 amide bonds. The minimum absolute atomic E-state index is 0.0247. The summed E-state index contributed by atoms with van der Waals surface area (Å²) in [6, 6.07) is 7.44. The molecule has 136 valence electrons. The summed E-state index contributed by atoms with van der Waals surface area (Å²) in [5, 5.41) is 9.66. The molecule has 3 rings (SSSR count). The van der Waals surface area contributed by atoms with Crippen molar-refractivity contribution in [1.82, 2.24) is 0 Å². The van der Waals surface area contributed by atoms with Crippen LogP contribution < -0.4 is 15.2 Å². The summed E-state index contributed by atoms with van der Waals surface area (Å²) in [4.78, 5) is 12.9. The van der Waals surface area contributed by atoms with Gasteiger partial charge in [0, 0.05) is 24.5 Å². The van der Waals surface area contributed by atoms with E-state index in [9.17, 15) is 10.1 Å². The molecule has 1 aliphatic heterocycles. The zero-order valence-electron chi connectivity index (χ0n) is 15.4. The van der Waals surface area contributed by atoms with Gasteiger partial charge in [-0.25, -0.2) is 0 Å². The highest BCUT2D eigenvalue weighted by Crippen LogP contribution is 2.48. The Kier molecular flexibility index (Phi) is 4.41. The average molecular weight is 354 g/mol. The number of hydrogen-bond donors (Lipinski definition) is 1. The Morgan fingerprint density at radius 1 is 1.19 bits per heavy atom. The van der Waals surface area contributed by atoms with E-state index in [4.69, 9.17) is 19.9 Å². The number of allylic oxidation sites excluding steroid dienone is 3. The van der Waals surface area contributed by atoms with Crippen molar-refractivity contribution in [2.45, 2.75) is 32.6 Å². The molecule has 1 atom stereocenters. The Labute approximate surface area is 152 Å². The number of ketones is 1. The molecule has 1 aliphatic carbocycles. The molecule has 26 heavy (non-hydrogen) atoms. The molecule has 0 radical (unpaired) electrons. The van der Waals surface area contributed by atoms with E-state index in [0.29, 0.717) is 41.2 Å². The molecule has 0 saturated carbocycles. The Hall–Kier alpha value is -2.94. The van der Waals surface area contributed by atoms with Crippen LogP contribution in [0.15, 0.2) is 41.0 Å². The first kappa shape index (κ1) is 17.9. The van der Waals surface area contributed by atoms with Crippen LogP contribution in [0, 0.1) is 16.7 Å². The Bertz CT molecular complexity index is 852. The number of methoxy groups -OCH3 is 2. The van der Waals surface area contributed by atoms with Gasteiger partial charge in [-0.2, -0.15) is 5.26 Å². The van der Waals surface area contributed by atoms with Crippen LogP contribution in [0.25, 0.3) is 0 Å². The SMILES string of the molecule is COc1cc(OC)cc(C2C(C#N)=C(N)OC3=C2C(=O)CC(C)(C)C3)c1. The van der Waals surface area contributed by atoms with Crippen molar-refractivity contribution in [3.63, 3.8) is 0 Å². The second kappa shape index (κ2) is 6.41. The van der Waals surface area contributed by atoms with Crippen molar-refractivity contribution >= 4 is 5.78 Å². The molecule has 2 aliphatic rings. The predicted molar refractivity (Wildman–Crippen MR) is 95.2 cm³/mol. The number of nitriles is 1. The van der Waals surface area contributed by atoms with Gasteiger partial charge in [-0.1, -0.05) is 13.8 Å². The fraction of sp³-hybridized carbons (Fsp3) is 0.400. The maximum atomic E-state index is 12.9. The number of rotatable bonds is 3. The first-order valence-corrected chi connectivity index (χ1v) is 8.36. The standard InChI is InChI=1S/C20H22N2O4/c1-20(2)8-15(23)18-16(9-20)26-19(22)14(10-21)17(18)11-5-12(24-3)7-13(6-11)25-4/h5-7,17H,8-9,22H2,1-4H3. The molecule has 1 aromatic rings. The second-order valence-electron chi connectivity index (χ2n) is 7.35. The molecule has 0 fully saturated rings. The van der Waals surface area contributed by atoms with Crippen molar-refractivity contribution in [3.05, 3.63) is 46.6 Å². The molecule has 0 saturated heterocycles. The molecule has 1 unspecified atom stereocenters. The summed E-state index contributed by atoms with van der Waals surface area (Å²) < 4.78 is 16.4. The van der Waals surface area contributed by atoms with Gasteiger partial charge in [-0.15, -0.1) is 0 Å². The highest BCUT2D eigenvalue weighted by molar-refractivity contribution is 6.00. The van der Waals surface area contributed by atoms with Gasteiger partial charge in [0.15, 0.2) is 5.78 Å². The molecule has 6 nitrogen and oxygen atoms in total. The van der Waals surface area contributed by atoms with Crippen molar-refractivity contribution in [3.8, 4) is 17.6 Å². The van der Waals surface area contributed by atoms with E-state index in [1.54, 1.807) is 32.4 Å². The topological polar surface area (TPSA) is 94.6 Å². The van der Waals surface area contributed by atoms with Crippen LogP contribution in [-0.2, 0) is 9.53 Å². The van der Waals surface area contributed by atoms with Crippen LogP contribution in [0.1, 0.15) is 38.2 Å². The van der Waals surface area contributed by atoms with Crippen molar-refractivity contribution in [2.24, 2.45) is 11.1 Å². The van der Waals surface area contributed by atoms with E-state index in [1.165, 1.54) is 0 Å². The molecule has 1 aromatic carbocycles. The lowest BCUT2D eigenvalue weighted by Gasteiger charge is -2.37. The summed E-state index contributed by atoms with van der Waals surface area (Å²) in [6.07, 6.45) is 0.983. The van der Waals surface area contributed by atoms with Gasteiger partial charge in [0.05, 0.1) is 20.1 Å². The lowest BCUT2D eigenvalue weighted by atomic mass is 9.70. The largest absolute Gasteiger partial charge is 0.497 e. The summed E-state index contributed by atoms with van der Waals surface area (Å²) in [5.74, 6) is 1.14. The molecular formula is C20H22N2O4. The molecule has 2 N–H and O–H groups in total. The van der Waals surface area contributed by atoms with E-state index in [-0.39, 0.29) is 22.7 Å². The van der Waals surface area contributed by atoms with Gasteiger partial charge in [0.1, 0.15) is 28.9 Å². The smallest absolute Gasteiger partial charge is 0.205 e. The Morgan fingerprint density at radius 2 is 1.81 bits per heavy atom. The summed E-state index contributed by atoms with van der Waals surface area (Å²) >= 11 is 0. The van der Waals surface area contributed by atoms with Crippen molar-refractivity contribution in [1.29, 1.82) is 5.26 Å². The van der Waals surface area contributed by atoms with Crippen LogP contribution in [0.2, 0.25) is 0 Å². The van der Waals surface area contributed by atoms with E-state index in [2.05, 4.69) is 6.07 Å². The summed E-state index contributed by atoms with van der Waals surface area (Å²) in [5.41, 5.74) is 7.26. The van der Waals surface area contributed by atoms with Gasteiger partial charge in [-0.3, -0.25) is 4.79 Å². The van der Waals surface area contributed by atoms with E-state index >= 15 is 0 Å². The van der Waals surface area contributed by atoms with E-state index < -0.39 is 5.92 Å². The van der Waals surface area contributed by atoms with Gasteiger partial charge >= 0.3 is 0 Å². The first-order chi connectivity index (χ1) is 12.3. The van der Waals surface area contributed by atoms with Gasteiger partial charge in [0.2, 0.25) is 5.88 Å². The maximum absolute atomic E-state index is 12.9. The summed E-state index contributed by atoms with van der Waals surface area (Å²) in [7, 11) is 3.10. The zero-order chi connectivity index (χ0) is 19.1.